The van der Waals surface area contributed by atoms with Crippen molar-refractivity contribution in [1.29, 1.82) is 0 Å². The van der Waals surface area contributed by atoms with Gasteiger partial charge in [0, 0.05) is 25.2 Å². The van der Waals surface area contributed by atoms with Crippen molar-refractivity contribution in [2.75, 3.05) is 39.4 Å². The highest BCUT2D eigenvalue weighted by Gasteiger charge is 2.46. The first-order chi connectivity index (χ1) is 17.6. The molecule has 0 unspecified atom stereocenters. The Labute approximate surface area is 218 Å². The summed E-state index contributed by atoms with van der Waals surface area (Å²) in [6.07, 6.45) is 9.50. The van der Waals surface area contributed by atoms with Crippen molar-refractivity contribution in [1.82, 2.24) is 0 Å². The normalized spacial score (nSPS) is 26.9. The SMILES string of the molecule is CCc1ccc(OCCC[N+]23CCC(CC2)[C@@H](OC[C@H](O)c2ccccc2C2CCCC2)C3)c(C)c1. The molecular formula is C32H46NO3+. The molecule has 4 heteroatoms. The molecule has 2 atom stereocenters. The summed E-state index contributed by atoms with van der Waals surface area (Å²) >= 11 is 0. The van der Waals surface area contributed by atoms with Gasteiger partial charge in [-0.05, 0) is 60.4 Å². The number of quaternary nitrogens is 1. The molecule has 0 amide bonds. The van der Waals surface area contributed by atoms with Gasteiger partial charge in [-0.25, -0.2) is 0 Å². The van der Waals surface area contributed by atoms with E-state index in [1.54, 1.807) is 0 Å². The van der Waals surface area contributed by atoms with Crippen molar-refractivity contribution in [3.63, 3.8) is 0 Å². The van der Waals surface area contributed by atoms with E-state index in [2.05, 4.69) is 56.3 Å². The number of benzene rings is 2. The van der Waals surface area contributed by atoms with Gasteiger partial charge in [0.05, 0.1) is 32.8 Å². The Hall–Kier alpha value is -1.88. The fourth-order valence-electron chi connectivity index (χ4n) is 7.13. The summed E-state index contributed by atoms with van der Waals surface area (Å²) in [6, 6.07) is 15.1. The summed E-state index contributed by atoms with van der Waals surface area (Å²) in [5.41, 5.74) is 5.05. The van der Waals surface area contributed by atoms with E-state index in [4.69, 9.17) is 9.47 Å². The van der Waals surface area contributed by atoms with E-state index in [1.165, 1.54) is 68.3 Å². The quantitative estimate of drug-likeness (QED) is 0.294. The Morgan fingerprint density at radius 3 is 2.56 bits per heavy atom. The van der Waals surface area contributed by atoms with Crippen LogP contribution in [0.15, 0.2) is 42.5 Å². The van der Waals surface area contributed by atoms with Gasteiger partial charge < -0.3 is 19.1 Å². The maximum atomic E-state index is 11.1. The minimum absolute atomic E-state index is 0.269. The van der Waals surface area contributed by atoms with Crippen LogP contribution in [-0.2, 0) is 11.2 Å². The molecule has 4 nitrogen and oxygen atoms in total. The third-order valence-corrected chi connectivity index (χ3v) is 9.34. The number of nitrogens with zero attached hydrogens (tertiary/aromatic N) is 1. The van der Waals surface area contributed by atoms with Gasteiger partial charge in [0.1, 0.15) is 24.5 Å². The van der Waals surface area contributed by atoms with Crippen LogP contribution in [0.2, 0.25) is 0 Å². The summed E-state index contributed by atoms with van der Waals surface area (Å²) in [7, 11) is 0. The Morgan fingerprint density at radius 1 is 1.03 bits per heavy atom. The lowest BCUT2D eigenvalue weighted by molar-refractivity contribution is -0.946. The molecule has 2 bridgehead atoms. The standard InChI is InChI=1S/C32H46NO3/c1-3-25-13-14-31(24(2)21-25)35-20-8-17-33-18-15-27(16-19-33)32(22-33)36-23-30(34)29-12-7-6-11-28(29)26-9-4-5-10-26/h6-7,11-14,21,26-27,30,32,34H,3-5,8-10,15-20,22-23H2,1-2H3/q+1/t27?,30-,32-,33?/m0/s1. The van der Waals surface area contributed by atoms with E-state index >= 15 is 0 Å². The maximum Gasteiger partial charge on any atom is 0.122 e. The Bertz CT molecular complexity index is 991. The molecule has 4 aliphatic rings. The molecular weight excluding hydrogens is 446 g/mol. The Kier molecular flexibility index (Phi) is 8.35. The molecule has 3 aliphatic heterocycles. The zero-order valence-corrected chi connectivity index (χ0v) is 22.5. The number of ether oxygens (including phenoxy) is 2. The molecule has 1 N–H and O–H groups in total. The lowest BCUT2D eigenvalue weighted by Gasteiger charge is -2.52. The second-order valence-electron chi connectivity index (χ2n) is 11.7. The lowest BCUT2D eigenvalue weighted by Crippen LogP contribution is -2.64. The fourth-order valence-corrected chi connectivity index (χ4v) is 7.13. The molecule has 0 radical (unpaired) electrons. The topological polar surface area (TPSA) is 38.7 Å². The van der Waals surface area contributed by atoms with E-state index in [9.17, 15) is 5.11 Å². The molecule has 6 rings (SSSR count). The average Bonchev–Trinajstić information content (AvgIpc) is 3.46. The molecule has 36 heavy (non-hydrogen) atoms. The molecule has 2 aromatic rings. The summed E-state index contributed by atoms with van der Waals surface area (Å²) in [6.45, 7) is 10.3. The van der Waals surface area contributed by atoms with E-state index in [0.717, 1.165) is 48.3 Å². The van der Waals surface area contributed by atoms with Crippen LogP contribution >= 0.6 is 0 Å². The van der Waals surface area contributed by atoms with E-state index in [1.807, 2.05) is 0 Å². The van der Waals surface area contributed by atoms with Crippen LogP contribution in [0.1, 0.15) is 86.1 Å². The molecule has 4 fully saturated rings. The molecule has 0 aromatic heterocycles. The second-order valence-corrected chi connectivity index (χ2v) is 11.7. The number of rotatable bonds is 11. The van der Waals surface area contributed by atoms with Crippen molar-refractivity contribution in [3.8, 4) is 5.75 Å². The van der Waals surface area contributed by atoms with Gasteiger partial charge in [0.15, 0.2) is 0 Å². The van der Waals surface area contributed by atoms with E-state index in [0.29, 0.717) is 18.4 Å². The van der Waals surface area contributed by atoms with Crippen molar-refractivity contribution in [3.05, 3.63) is 64.7 Å². The van der Waals surface area contributed by atoms with Crippen molar-refractivity contribution >= 4 is 0 Å². The highest BCUT2D eigenvalue weighted by atomic mass is 16.5. The highest BCUT2D eigenvalue weighted by Crippen LogP contribution is 2.39. The molecule has 3 heterocycles. The van der Waals surface area contributed by atoms with Crippen LogP contribution in [0.5, 0.6) is 5.75 Å². The summed E-state index contributed by atoms with van der Waals surface area (Å²) in [4.78, 5) is 0. The minimum Gasteiger partial charge on any atom is -0.493 e. The molecule has 1 aliphatic carbocycles. The number of piperidine rings is 3. The Morgan fingerprint density at radius 2 is 1.81 bits per heavy atom. The smallest absolute Gasteiger partial charge is 0.122 e. The monoisotopic (exact) mass is 492 g/mol. The number of aryl methyl sites for hydroxylation is 2. The first-order valence-electron chi connectivity index (χ1n) is 14.5. The molecule has 2 aromatic carbocycles. The highest BCUT2D eigenvalue weighted by molar-refractivity contribution is 5.36. The van der Waals surface area contributed by atoms with E-state index < -0.39 is 6.10 Å². The zero-order chi connectivity index (χ0) is 25.0. The van der Waals surface area contributed by atoms with E-state index in [-0.39, 0.29) is 6.10 Å². The van der Waals surface area contributed by atoms with Gasteiger partial charge in [-0.3, -0.25) is 0 Å². The van der Waals surface area contributed by atoms with Crippen LogP contribution in [0, 0.1) is 12.8 Å². The van der Waals surface area contributed by atoms with Gasteiger partial charge in [-0.15, -0.1) is 0 Å². The first kappa shape index (κ1) is 25.8. The number of hydrogen-bond donors (Lipinski definition) is 1. The second kappa shape index (κ2) is 11.7. The molecule has 0 spiro atoms. The van der Waals surface area contributed by atoms with Crippen molar-refractivity contribution in [2.24, 2.45) is 5.92 Å². The minimum atomic E-state index is -0.526. The van der Waals surface area contributed by atoms with Gasteiger partial charge in [-0.2, -0.15) is 0 Å². The van der Waals surface area contributed by atoms with Crippen LogP contribution in [0.25, 0.3) is 0 Å². The largest absolute Gasteiger partial charge is 0.493 e. The predicted molar refractivity (Wildman–Crippen MR) is 145 cm³/mol. The van der Waals surface area contributed by atoms with Gasteiger partial charge >= 0.3 is 0 Å². The number of fused-ring (bicyclic) bond motifs is 3. The van der Waals surface area contributed by atoms with Crippen LogP contribution in [0.3, 0.4) is 0 Å². The molecule has 196 valence electrons. The predicted octanol–water partition coefficient (Wildman–Crippen LogP) is 6.34. The lowest BCUT2D eigenvalue weighted by atomic mass is 9.83. The van der Waals surface area contributed by atoms with Gasteiger partial charge in [-0.1, -0.05) is 56.2 Å². The zero-order valence-electron chi connectivity index (χ0n) is 22.5. The number of hydrogen-bond acceptors (Lipinski definition) is 3. The van der Waals surface area contributed by atoms with Gasteiger partial charge in [0.2, 0.25) is 0 Å². The molecule has 3 saturated heterocycles. The maximum absolute atomic E-state index is 11.1. The van der Waals surface area contributed by atoms with Crippen LogP contribution in [0.4, 0.5) is 0 Å². The molecule has 1 saturated carbocycles. The number of aliphatic hydroxyl groups excluding tert-OH is 1. The van der Waals surface area contributed by atoms with Crippen LogP contribution in [-0.4, -0.2) is 55.1 Å². The Balaban J connectivity index is 1.12. The van der Waals surface area contributed by atoms with Gasteiger partial charge in [0.25, 0.3) is 0 Å². The first-order valence-corrected chi connectivity index (χ1v) is 14.5. The van der Waals surface area contributed by atoms with Crippen molar-refractivity contribution in [2.45, 2.75) is 83.3 Å². The third-order valence-electron chi connectivity index (χ3n) is 9.34. The fraction of sp³-hybridized carbons (Fsp3) is 0.625. The summed E-state index contributed by atoms with van der Waals surface area (Å²) < 4.78 is 13.8. The third kappa shape index (κ3) is 5.82. The average molecular weight is 493 g/mol. The van der Waals surface area contributed by atoms with Crippen molar-refractivity contribution < 1.29 is 19.1 Å². The summed E-state index contributed by atoms with van der Waals surface area (Å²) in [5, 5.41) is 11.1. The van der Waals surface area contributed by atoms with Crippen LogP contribution < -0.4 is 4.74 Å². The number of aliphatic hydroxyl groups is 1. The summed E-state index contributed by atoms with van der Waals surface area (Å²) in [5.74, 6) is 2.29.